The molecule has 1 aromatic rings. The number of carbonyl (C=O) groups excluding carboxylic acids is 1. The van der Waals surface area contributed by atoms with Gasteiger partial charge in [0.1, 0.15) is 5.82 Å². The minimum absolute atomic E-state index is 0.0811. The molecule has 1 heterocycles. The molecule has 0 fully saturated rings. The number of H-pyrrole nitrogens is 1. The number of nitrogens with one attached hydrogen (secondary N) is 2. The molecule has 1 amide bonds. The van der Waals surface area contributed by atoms with Crippen LogP contribution < -0.4 is 5.32 Å². The summed E-state index contributed by atoms with van der Waals surface area (Å²) in [4.78, 5) is 15.7. The maximum absolute atomic E-state index is 11.7. The van der Waals surface area contributed by atoms with Crippen LogP contribution in [0, 0.1) is 0 Å². The third kappa shape index (κ3) is 3.92. The van der Waals surface area contributed by atoms with Crippen LogP contribution in [0.5, 0.6) is 0 Å². The summed E-state index contributed by atoms with van der Waals surface area (Å²) in [6, 6.07) is 0. The normalized spacial score (nSPS) is 14.6. The molecular weight excluding hydrogens is 240 g/mol. The molecule has 0 aromatic carbocycles. The number of aromatic amines is 1. The first-order valence-electron chi connectivity index (χ1n) is 5.44. The summed E-state index contributed by atoms with van der Waals surface area (Å²) in [6.45, 7) is 6.09. The van der Waals surface area contributed by atoms with Gasteiger partial charge in [0.15, 0.2) is 0 Å². The molecule has 0 bridgehead atoms. The molecule has 0 saturated heterocycles. The quantitative estimate of drug-likeness (QED) is 0.801. The molecule has 6 nitrogen and oxygen atoms in total. The highest BCUT2D eigenvalue weighted by molar-refractivity contribution is 7.84. The SMILES string of the molecule is CC(C)c1nc(C(=O)NCC(C)S(C)=O)n[nH]1. The Labute approximate surface area is 103 Å². The first kappa shape index (κ1) is 13.8. The average molecular weight is 258 g/mol. The third-order valence-electron chi connectivity index (χ3n) is 2.37. The predicted molar refractivity (Wildman–Crippen MR) is 66.3 cm³/mol. The summed E-state index contributed by atoms with van der Waals surface area (Å²) in [6.07, 6.45) is 1.61. The van der Waals surface area contributed by atoms with E-state index in [1.54, 1.807) is 6.26 Å². The van der Waals surface area contributed by atoms with Gasteiger partial charge in [0.25, 0.3) is 5.91 Å². The van der Waals surface area contributed by atoms with Crippen molar-refractivity contribution < 1.29 is 9.00 Å². The van der Waals surface area contributed by atoms with Crippen molar-refractivity contribution in [2.45, 2.75) is 31.9 Å². The number of nitrogens with zero attached hydrogens (tertiary/aromatic N) is 2. The average Bonchev–Trinajstić information content (AvgIpc) is 2.74. The van der Waals surface area contributed by atoms with E-state index in [0.29, 0.717) is 12.4 Å². The lowest BCUT2D eigenvalue weighted by Gasteiger charge is -2.07. The molecular formula is C10H18N4O2S. The van der Waals surface area contributed by atoms with Crippen LogP contribution in [0.1, 0.15) is 43.1 Å². The van der Waals surface area contributed by atoms with Gasteiger partial charge in [0, 0.05) is 34.8 Å². The lowest BCUT2D eigenvalue weighted by atomic mass is 10.2. The second-order valence-corrected chi connectivity index (χ2v) is 6.02. The van der Waals surface area contributed by atoms with Gasteiger partial charge in [0.2, 0.25) is 5.82 Å². The van der Waals surface area contributed by atoms with Gasteiger partial charge in [-0.1, -0.05) is 13.8 Å². The molecule has 0 aliphatic carbocycles. The van der Waals surface area contributed by atoms with Gasteiger partial charge in [-0.3, -0.25) is 14.1 Å². The van der Waals surface area contributed by atoms with Crippen LogP contribution in [0.25, 0.3) is 0 Å². The largest absolute Gasteiger partial charge is 0.348 e. The fraction of sp³-hybridized carbons (Fsp3) is 0.700. The third-order valence-corrected chi connectivity index (χ3v) is 3.67. The van der Waals surface area contributed by atoms with Crippen LogP contribution in [-0.2, 0) is 10.8 Å². The summed E-state index contributed by atoms with van der Waals surface area (Å²) in [5.74, 6) is 0.668. The standard InChI is InChI=1S/C10H18N4O2S/c1-6(2)8-12-9(14-13-8)10(15)11-5-7(3)17(4)16/h6-7H,5H2,1-4H3,(H,11,15)(H,12,13,14). The van der Waals surface area contributed by atoms with Gasteiger partial charge in [0.05, 0.1) is 0 Å². The molecule has 0 spiro atoms. The van der Waals surface area contributed by atoms with Crippen molar-refractivity contribution in [1.82, 2.24) is 20.5 Å². The highest BCUT2D eigenvalue weighted by atomic mass is 32.2. The van der Waals surface area contributed by atoms with E-state index < -0.39 is 10.8 Å². The molecule has 0 aliphatic heterocycles. The van der Waals surface area contributed by atoms with E-state index in [-0.39, 0.29) is 22.9 Å². The zero-order valence-corrected chi connectivity index (χ0v) is 11.3. The van der Waals surface area contributed by atoms with E-state index >= 15 is 0 Å². The molecule has 2 atom stereocenters. The van der Waals surface area contributed by atoms with E-state index in [0.717, 1.165) is 0 Å². The Morgan fingerprint density at radius 2 is 2.12 bits per heavy atom. The molecule has 0 saturated carbocycles. The van der Waals surface area contributed by atoms with Crippen LogP contribution in [0.4, 0.5) is 0 Å². The highest BCUT2D eigenvalue weighted by Crippen LogP contribution is 2.07. The zero-order chi connectivity index (χ0) is 13.0. The van der Waals surface area contributed by atoms with E-state index in [2.05, 4.69) is 20.5 Å². The molecule has 17 heavy (non-hydrogen) atoms. The van der Waals surface area contributed by atoms with E-state index in [4.69, 9.17) is 0 Å². The summed E-state index contributed by atoms with van der Waals surface area (Å²) in [5, 5.41) is 9.12. The Bertz CT molecular complexity index is 416. The monoisotopic (exact) mass is 258 g/mol. The van der Waals surface area contributed by atoms with Gasteiger partial charge in [-0.25, -0.2) is 4.98 Å². The highest BCUT2D eigenvalue weighted by Gasteiger charge is 2.15. The lowest BCUT2D eigenvalue weighted by Crippen LogP contribution is -2.33. The number of amides is 1. The fourth-order valence-corrected chi connectivity index (χ4v) is 1.38. The zero-order valence-electron chi connectivity index (χ0n) is 10.5. The first-order chi connectivity index (χ1) is 7.91. The first-order valence-corrected chi connectivity index (χ1v) is 7.06. The number of aromatic nitrogens is 3. The van der Waals surface area contributed by atoms with Gasteiger partial charge in [-0.05, 0) is 6.92 Å². The van der Waals surface area contributed by atoms with Crippen LogP contribution in [0.2, 0.25) is 0 Å². The van der Waals surface area contributed by atoms with Crippen molar-refractivity contribution in [1.29, 1.82) is 0 Å². The minimum Gasteiger partial charge on any atom is -0.348 e. The molecule has 1 aromatic heterocycles. The maximum atomic E-state index is 11.7. The van der Waals surface area contributed by atoms with Crippen LogP contribution >= 0.6 is 0 Å². The summed E-state index contributed by atoms with van der Waals surface area (Å²) < 4.78 is 11.1. The Morgan fingerprint density at radius 1 is 1.47 bits per heavy atom. The molecule has 0 aliphatic rings. The van der Waals surface area contributed by atoms with Crippen molar-refractivity contribution in [3.05, 3.63) is 11.6 Å². The minimum atomic E-state index is -0.949. The maximum Gasteiger partial charge on any atom is 0.290 e. The Morgan fingerprint density at radius 3 is 2.59 bits per heavy atom. The number of rotatable bonds is 5. The molecule has 2 unspecified atom stereocenters. The van der Waals surface area contributed by atoms with Crippen molar-refractivity contribution in [3.8, 4) is 0 Å². The summed E-state index contributed by atoms with van der Waals surface area (Å²) in [5.41, 5.74) is 0. The summed E-state index contributed by atoms with van der Waals surface area (Å²) in [7, 11) is -0.949. The van der Waals surface area contributed by atoms with Gasteiger partial charge < -0.3 is 5.32 Å². The Balaban J connectivity index is 2.55. The van der Waals surface area contributed by atoms with Crippen molar-refractivity contribution >= 4 is 16.7 Å². The fourth-order valence-electron chi connectivity index (χ4n) is 1.07. The van der Waals surface area contributed by atoms with E-state index in [1.807, 2.05) is 20.8 Å². The predicted octanol–water partition coefficient (Wildman–Crippen LogP) is 0.425. The molecule has 0 radical (unpaired) electrons. The van der Waals surface area contributed by atoms with Crippen molar-refractivity contribution in [3.63, 3.8) is 0 Å². The lowest BCUT2D eigenvalue weighted by molar-refractivity contribution is 0.0944. The van der Waals surface area contributed by atoms with Crippen molar-refractivity contribution in [2.24, 2.45) is 0 Å². The van der Waals surface area contributed by atoms with Crippen LogP contribution in [-0.4, -0.2) is 43.3 Å². The summed E-state index contributed by atoms with van der Waals surface area (Å²) >= 11 is 0. The van der Waals surface area contributed by atoms with E-state index in [9.17, 15) is 9.00 Å². The van der Waals surface area contributed by atoms with Gasteiger partial charge in [-0.2, -0.15) is 0 Å². The van der Waals surface area contributed by atoms with Gasteiger partial charge in [-0.15, -0.1) is 5.10 Å². The van der Waals surface area contributed by atoms with Gasteiger partial charge >= 0.3 is 0 Å². The molecule has 7 heteroatoms. The van der Waals surface area contributed by atoms with Crippen LogP contribution in [0.3, 0.4) is 0 Å². The molecule has 96 valence electrons. The number of carbonyl (C=O) groups is 1. The second kappa shape index (κ2) is 5.90. The van der Waals surface area contributed by atoms with E-state index in [1.165, 1.54) is 0 Å². The van der Waals surface area contributed by atoms with Crippen molar-refractivity contribution in [2.75, 3.05) is 12.8 Å². The Hall–Kier alpha value is -1.24. The molecule has 2 N–H and O–H groups in total. The number of hydrogen-bond donors (Lipinski definition) is 2. The molecule has 1 rings (SSSR count). The smallest absolute Gasteiger partial charge is 0.290 e. The second-order valence-electron chi connectivity index (χ2n) is 4.22. The topological polar surface area (TPSA) is 87.7 Å². The Kier molecular flexibility index (Phi) is 4.80. The van der Waals surface area contributed by atoms with Crippen LogP contribution in [0.15, 0.2) is 0 Å². The number of hydrogen-bond acceptors (Lipinski definition) is 4.